The van der Waals surface area contributed by atoms with Gasteiger partial charge in [-0.3, -0.25) is 0 Å². The standard InChI is InChI=1S/C16H13ClO/c17-14-7-3-5-11-9-12-8-10-4-1-2-6-13(10)15(12)18-16(11)14/h1-7,12,15H,8-9H2/t12-,15+/m0/s1. The third-order valence-corrected chi connectivity index (χ3v) is 4.34. The number of ether oxygens (including phenoxy) is 1. The molecule has 2 aromatic rings. The molecule has 0 aromatic heterocycles. The summed E-state index contributed by atoms with van der Waals surface area (Å²) in [6, 6.07) is 14.6. The predicted octanol–water partition coefficient (Wildman–Crippen LogP) is 4.19. The molecule has 1 aliphatic carbocycles. The van der Waals surface area contributed by atoms with Gasteiger partial charge in [-0.15, -0.1) is 0 Å². The van der Waals surface area contributed by atoms with Gasteiger partial charge >= 0.3 is 0 Å². The highest BCUT2D eigenvalue weighted by Crippen LogP contribution is 2.47. The third-order valence-electron chi connectivity index (χ3n) is 4.05. The molecule has 90 valence electrons. The quantitative estimate of drug-likeness (QED) is 0.687. The van der Waals surface area contributed by atoms with Crippen molar-refractivity contribution >= 4 is 11.6 Å². The first-order valence-electron chi connectivity index (χ1n) is 6.35. The maximum Gasteiger partial charge on any atom is 0.142 e. The summed E-state index contributed by atoms with van der Waals surface area (Å²) in [6.07, 6.45) is 2.37. The summed E-state index contributed by atoms with van der Waals surface area (Å²) in [6.45, 7) is 0. The van der Waals surface area contributed by atoms with E-state index in [1.165, 1.54) is 16.7 Å². The zero-order chi connectivity index (χ0) is 12.1. The zero-order valence-electron chi connectivity index (χ0n) is 9.90. The maximum absolute atomic E-state index is 6.23. The summed E-state index contributed by atoms with van der Waals surface area (Å²) in [4.78, 5) is 0. The van der Waals surface area contributed by atoms with Crippen LogP contribution >= 0.6 is 11.6 Å². The largest absolute Gasteiger partial charge is 0.484 e. The van der Waals surface area contributed by atoms with Crippen molar-refractivity contribution in [1.29, 1.82) is 0 Å². The summed E-state index contributed by atoms with van der Waals surface area (Å²) < 4.78 is 6.18. The molecule has 2 heteroatoms. The number of rotatable bonds is 0. The number of hydrogen-bond donors (Lipinski definition) is 0. The maximum atomic E-state index is 6.23. The van der Waals surface area contributed by atoms with Crippen LogP contribution in [0.2, 0.25) is 5.02 Å². The summed E-state index contributed by atoms with van der Waals surface area (Å²) in [5.74, 6) is 1.45. The number of benzene rings is 2. The Balaban J connectivity index is 1.81. The molecule has 2 aliphatic rings. The summed E-state index contributed by atoms with van der Waals surface area (Å²) in [7, 11) is 0. The Morgan fingerprint density at radius 3 is 2.67 bits per heavy atom. The van der Waals surface area contributed by atoms with Gasteiger partial charge < -0.3 is 4.74 Å². The van der Waals surface area contributed by atoms with Crippen molar-refractivity contribution in [3.05, 3.63) is 64.2 Å². The second kappa shape index (κ2) is 3.76. The summed E-state index contributed by atoms with van der Waals surface area (Å²) >= 11 is 6.23. The van der Waals surface area contributed by atoms with Crippen LogP contribution in [0.15, 0.2) is 42.5 Å². The van der Waals surface area contributed by atoms with Crippen LogP contribution in [0, 0.1) is 5.92 Å². The van der Waals surface area contributed by atoms with Gasteiger partial charge in [0.15, 0.2) is 0 Å². The van der Waals surface area contributed by atoms with Crippen molar-refractivity contribution in [3.8, 4) is 5.75 Å². The van der Waals surface area contributed by atoms with Gasteiger partial charge in [0.25, 0.3) is 0 Å². The molecule has 0 amide bonds. The molecule has 18 heavy (non-hydrogen) atoms. The number of halogens is 1. The smallest absolute Gasteiger partial charge is 0.142 e. The monoisotopic (exact) mass is 256 g/mol. The fraction of sp³-hybridized carbons (Fsp3) is 0.250. The Kier molecular flexibility index (Phi) is 2.18. The Morgan fingerprint density at radius 1 is 0.944 bits per heavy atom. The Bertz CT molecular complexity index is 620. The Labute approximate surface area is 111 Å². The van der Waals surface area contributed by atoms with Crippen molar-refractivity contribution < 1.29 is 4.74 Å². The van der Waals surface area contributed by atoms with Crippen LogP contribution in [0.5, 0.6) is 5.75 Å². The topological polar surface area (TPSA) is 9.23 Å². The van der Waals surface area contributed by atoms with E-state index in [0.29, 0.717) is 5.92 Å². The Morgan fingerprint density at radius 2 is 1.72 bits per heavy atom. The predicted molar refractivity (Wildman–Crippen MR) is 72.2 cm³/mol. The minimum absolute atomic E-state index is 0.189. The highest BCUT2D eigenvalue weighted by atomic mass is 35.5. The second-order valence-corrected chi connectivity index (χ2v) is 5.54. The first kappa shape index (κ1) is 10.5. The number of fused-ring (bicyclic) bond motifs is 4. The van der Waals surface area contributed by atoms with Gasteiger partial charge in [-0.2, -0.15) is 0 Å². The highest BCUT2D eigenvalue weighted by Gasteiger charge is 2.38. The van der Waals surface area contributed by atoms with E-state index in [1.54, 1.807) is 0 Å². The van der Waals surface area contributed by atoms with Gasteiger partial charge in [-0.25, -0.2) is 0 Å². The summed E-state index contributed by atoms with van der Waals surface area (Å²) in [5, 5.41) is 0.732. The van der Waals surface area contributed by atoms with E-state index in [2.05, 4.69) is 30.3 Å². The van der Waals surface area contributed by atoms with Crippen LogP contribution in [-0.4, -0.2) is 0 Å². The van der Waals surface area contributed by atoms with Crippen LogP contribution in [0.3, 0.4) is 0 Å². The van der Waals surface area contributed by atoms with Crippen LogP contribution in [0.4, 0.5) is 0 Å². The molecular formula is C16H13ClO. The lowest BCUT2D eigenvalue weighted by Crippen LogP contribution is -2.22. The van der Waals surface area contributed by atoms with Gasteiger partial charge in [0.2, 0.25) is 0 Å². The van der Waals surface area contributed by atoms with E-state index in [1.807, 2.05) is 12.1 Å². The second-order valence-electron chi connectivity index (χ2n) is 5.13. The molecule has 1 nitrogen and oxygen atoms in total. The molecular weight excluding hydrogens is 244 g/mol. The first-order chi connectivity index (χ1) is 8.83. The number of hydrogen-bond acceptors (Lipinski definition) is 1. The van der Waals surface area contributed by atoms with Gasteiger partial charge in [-0.05, 0) is 35.6 Å². The van der Waals surface area contributed by atoms with E-state index >= 15 is 0 Å². The van der Waals surface area contributed by atoms with E-state index < -0.39 is 0 Å². The average molecular weight is 257 g/mol. The fourth-order valence-electron chi connectivity index (χ4n) is 3.24. The molecule has 0 radical (unpaired) electrons. The van der Waals surface area contributed by atoms with Crippen LogP contribution < -0.4 is 4.74 Å². The molecule has 0 unspecified atom stereocenters. The molecule has 2 aromatic carbocycles. The minimum atomic E-state index is 0.189. The highest BCUT2D eigenvalue weighted by molar-refractivity contribution is 6.32. The zero-order valence-corrected chi connectivity index (χ0v) is 10.7. The fourth-order valence-corrected chi connectivity index (χ4v) is 3.47. The molecule has 2 atom stereocenters. The van der Waals surface area contributed by atoms with Crippen molar-refractivity contribution in [2.24, 2.45) is 5.92 Å². The summed E-state index contributed by atoms with van der Waals surface area (Å²) in [5.41, 5.74) is 4.01. The average Bonchev–Trinajstić information content (AvgIpc) is 2.75. The molecule has 0 saturated heterocycles. The van der Waals surface area contributed by atoms with Crippen LogP contribution in [0.25, 0.3) is 0 Å². The van der Waals surface area contributed by atoms with Crippen molar-refractivity contribution in [2.45, 2.75) is 18.9 Å². The SMILES string of the molecule is Clc1cccc2c1O[C@H]1c3ccccc3C[C@H]1C2. The van der Waals surface area contributed by atoms with Crippen LogP contribution in [-0.2, 0) is 12.8 Å². The van der Waals surface area contributed by atoms with E-state index in [0.717, 1.165) is 23.6 Å². The first-order valence-corrected chi connectivity index (χ1v) is 6.72. The normalized spacial score (nSPS) is 23.8. The third kappa shape index (κ3) is 1.40. The molecule has 0 fully saturated rings. The Hall–Kier alpha value is -1.47. The molecule has 0 spiro atoms. The van der Waals surface area contributed by atoms with Crippen LogP contribution in [0.1, 0.15) is 22.8 Å². The lowest BCUT2D eigenvalue weighted by atomic mass is 9.91. The number of para-hydroxylation sites is 1. The lowest BCUT2D eigenvalue weighted by Gasteiger charge is -2.29. The van der Waals surface area contributed by atoms with Crippen molar-refractivity contribution in [3.63, 3.8) is 0 Å². The van der Waals surface area contributed by atoms with Gasteiger partial charge in [-0.1, -0.05) is 48.0 Å². The van der Waals surface area contributed by atoms with Gasteiger partial charge in [0.05, 0.1) is 5.02 Å². The van der Waals surface area contributed by atoms with E-state index in [9.17, 15) is 0 Å². The van der Waals surface area contributed by atoms with E-state index in [4.69, 9.17) is 16.3 Å². The van der Waals surface area contributed by atoms with Gasteiger partial charge in [0.1, 0.15) is 11.9 Å². The van der Waals surface area contributed by atoms with E-state index in [-0.39, 0.29) is 6.10 Å². The molecule has 0 bridgehead atoms. The lowest BCUT2D eigenvalue weighted by molar-refractivity contribution is 0.128. The molecule has 0 N–H and O–H groups in total. The van der Waals surface area contributed by atoms with Crippen molar-refractivity contribution in [2.75, 3.05) is 0 Å². The van der Waals surface area contributed by atoms with Gasteiger partial charge in [0, 0.05) is 5.92 Å². The van der Waals surface area contributed by atoms with Crippen molar-refractivity contribution in [1.82, 2.24) is 0 Å². The molecule has 0 saturated carbocycles. The molecule has 4 rings (SSSR count). The molecule has 1 heterocycles. The molecule has 1 aliphatic heterocycles. The minimum Gasteiger partial charge on any atom is -0.484 e.